The molecule has 0 aliphatic carbocycles. The molecule has 1 aromatic rings. The van der Waals surface area contributed by atoms with Crippen LogP contribution < -0.4 is 0 Å². The van der Waals surface area contributed by atoms with Crippen molar-refractivity contribution in [3.63, 3.8) is 0 Å². The molecule has 0 bridgehead atoms. The van der Waals surface area contributed by atoms with Crippen LogP contribution in [-0.4, -0.2) is 42.5 Å². The van der Waals surface area contributed by atoms with Gasteiger partial charge in [-0.1, -0.05) is 6.92 Å². The summed E-state index contributed by atoms with van der Waals surface area (Å²) in [6.07, 6.45) is 4.30. The second kappa shape index (κ2) is 6.06. The molecule has 0 atom stereocenters. The van der Waals surface area contributed by atoms with Crippen LogP contribution in [0, 0.1) is 0 Å². The minimum Gasteiger partial charge on any atom is -0.468 e. The fraction of sp³-hybridized carbons (Fsp3) is 0.692. The third-order valence-corrected chi connectivity index (χ3v) is 3.18. The molecule has 0 spiro atoms. The van der Waals surface area contributed by atoms with Crippen molar-refractivity contribution in [2.75, 3.05) is 32.7 Å². The van der Waals surface area contributed by atoms with Gasteiger partial charge < -0.3 is 9.32 Å². The number of hydrogen-bond donors (Lipinski definition) is 0. The van der Waals surface area contributed by atoms with Crippen molar-refractivity contribution >= 4 is 0 Å². The second-order valence-corrected chi connectivity index (χ2v) is 4.55. The highest BCUT2D eigenvalue weighted by atomic mass is 16.3. The van der Waals surface area contributed by atoms with Gasteiger partial charge in [0.1, 0.15) is 5.76 Å². The highest BCUT2D eigenvalue weighted by Crippen LogP contribution is 2.09. The van der Waals surface area contributed by atoms with Gasteiger partial charge in [-0.05, 0) is 44.6 Å². The van der Waals surface area contributed by atoms with E-state index in [2.05, 4.69) is 22.8 Å². The van der Waals surface area contributed by atoms with Gasteiger partial charge in [-0.3, -0.25) is 4.90 Å². The summed E-state index contributed by atoms with van der Waals surface area (Å²) in [7, 11) is 0. The Kier molecular flexibility index (Phi) is 4.43. The molecule has 0 unspecified atom stereocenters. The van der Waals surface area contributed by atoms with Gasteiger partial charge in [0.25, 0.3) is 0 Å². The van der Waals surface area contributed by atoms with Gasteiger partial charge in [-0.15, -0.1) is 0 Å². The SMILES string of the molecule is CCCN1CCCN(Cc2ccco2)CC1. The van der Waals surface area contributed by atoms with Crippen molar-refractivity contribution in [3.05, 3.63) is 24.2 Å². The monoisotopic (exact) mass is 222 g/mol. The average molecular weight is 222 g/mol. The Hall–Kier alpha value is -0.800. The number of rotatable bonds is 4. The fourth-order valence-electron chi connectivity index (χ4n) is 2.35. The first-order chi connectivity index (χ1) is 7.88. The molecule has 0 amide bonds. The minimum absolute atomic E-state index is 0.965. The molecule has 3 nitrogen and oxygen atoms in total. The molecule has 3 heteroatoms. The Bertz CT molecular complexity index is 284. The Balaban J connectivity index is 1.80. The summed E-state index contributed by atoms with van der Waals surface area (Å²) in [5.74, 6) is 1.09. The van der Waals surface area contributed by atoms with E-state index in [1.165, 1.54) is 45.6 Å². The highest BCUT2D eigenvalue weighted by molar-refractivity contribution is 4.98. The second-order valence-electron chi connectivity index (χ2n) is 4.55. The predicted octanol–water partition coefficient (Wildman–Crippen LogP) is 2.20. The third-order valence-electron chi connectivity index (χ3n) is 3.18. The molecule has 0 saturated carbocycles. The van der Waals surface area contributed by atoms with E-state index < -0.39 is 0 Å². The molecule has 1 fully saturated rings. The Labute approximate surface area is 98.0 Å². The summed E-state index contributed by atoms with van der Waals surface area (Å²) in [6, 6.07) is 4.03. The van der Waals surface area contributed by atoms with Gasteiger partial charge >= 0.3 is 0 Å². The highest BCUT2D eigenvalue weighted by Gasteiger charge is 2.14. The van der Waals surface area contributed by atoms with E-state index in [0.717, 1.165) is 12.3 Å². The zero-order valence-electron chi connectivity index (χ0n) is 10.2. The zero-order chi connectivity index (χ0) is 11.2. The lowest BCUT2D eigenvalue weighted by molar-refractivity contribution is 0.238. The van der Waals surface area contributed by atoms with Crippen molar-refractivity contribution in [2.24, 2.45) is 0 Å². The maximum atomic E-state index is 5.40. The largest absolute Gasteiger partial charge is 0.468 e. The molecule has 0 aromatic carbocycles. The first-order valence-electron chi connectivity index (χ1n) is 6.35. The van der Waals surface area contributed by atoms with Crippen LogP contribution in [0.1, 0.15) is 25.5 Å². The van der Waals surface area contributed by atoms with E-state index in [-0.39, 0.29) is 0 Å². The molecule has 0 radical (unpaired) electrons. The van der Waals surface area contributed by atoms with Crippen molar-refractivity contribution in [2.45, 2.75) is 26.3 Å². The van der Waals surface area contributed by atoms with E-state index in [4.69, 9.17) is 4.42 Å². The van der Waals surface area contributed by atoms with E-state index in [1.54, 1.807) is 6.26 Å². The van der Waals surface area contributed by atoms with Crippen LogP contribution >= 0.6 is 0 Å². The molecule has 90 valence electrons. The Morgan fingerprint density at radius 3 is 2.75 bits per heavy atom. The Morgan fingerprint density at radius 1 is 1.19 bits per heavy atom. The minimum atomic E-state index is 0.965. The predicted molar refractivity (Wildman–Crippen MR) is 65.3 cm³/mol. The molecular formula is C13H22N2O. The van der Waals surface area contributed by atoms with E-state index in [1.807, 2.05) is 6.07 Å². The lowest BCUT2D eigenvalue weighted by Gasteiger charge is -2.20. The molecule has 1 aliphatic heterocycles. The van der Waals surface area contributed by atoms with Gasteiger partial charge in [0.2, 0.25) is 0 Å². The standard InChI is InChI=1S/C13H22N2O/c1-2-6-14-7-4-8-15(10-9-14)12-13-5-3-11-16-13/h3,5,11H,2,4,6-10,12H2,1H3. The van der Waals surface area contributed by atoms with Gasteiger partial charge in [0.15, 0.2) is 0 Å². The van der Waals surface area contributed by atoms with Gasteiger partial charge in [0, 0.05) is 13.1 Å². The molecule has 16 heavy (non-hydrogen) atoms. The zero-order valence-corrected chi connectivity index (χ0v) is 10.2. The molecule has 1 saturated heterocycles. The number of hydrogen-bond acceptors (Lipinski definition) is 3. The molecule has 2 rings (SSSR count). The van der Waals surface area contributed by atoms with Gasteiger partial charge in [-0.2, -0.15) is 0 Å². The van der Waals surface area contributed by atoms with Crippen LogP contribution in [0.5, 0.6) is 0 Å². The van der Waals surface area contributed by atoms with Crippen molar-refractivity contribution in [1.29, 1.82) is 0 Å². The van der Waals surface area contributed by atoms with E-state index >= 15 is 0 Å². The van der Waals surface area contributed by atoms with Crippen LogP contribution in [0.3, 0.4) is 0 Å². The molecule has 0 N–H and O–H groups in total. The maximum absolute atomic E-state index is 5.40. The van der Waals surface area contributed by atoms with Crippen LogP contribution in [0.25, 0.3) is 0 Å². The number of furan rings is 1. The summed E-state index contributed by atoms with van der Waals surface area (Å²) in [6.45, 7) is 9.28. The lowest BCUT2D eigenvalue weighted by Crippen LogP contribution is -2.30. The quantitative estimate of drug-likeness (QED) is 0.778. The summed E-state index contributed by atoms with van der Waals surface area (Å²) >= 11 is 0. The molecule has 1 aliphatic rings. The van der Waals surface area contributed by atoms with Crippen molar-refractivity contribution in [3.8, 4) is 0 Å². The summed E-state index contributed by atoms with van der Waals surface area (Å²) in [4.78, 5) is 5.07. The van der Waals surface area contributed by atoms with E-state index in [0.29, 0.717) is 0 Å². The average Bonchev–Trinajstić information content (AvgIpc) is 2.68. The molecule has 2 heterocycles. The van der Waals surface area contributed by atoms with Crippen molar-refractivity contribution < 1.29 is 4.42 Å². The van der Waals surface area contributed by atoms with Gasteiger partial charge in [-0.25, -0.2) is 0 Å². The van der Waals surface area contributed by atoms with Gasteiger partial charge in [0.05, 0.1) is 12.8 Å². The fourth-order valence-corrected chi connectivity index (χ4v) is 2.35. The van der Waals surface area contributed by atoms with Crippen LogP contribution in [0.2, 0.25) is 0 Å². The Morgan fingerprint density at radius 2 is 2.00 bits per heavy atom. The summed E-state index contributed by atoms with van der Waals surface area (Å²) in [5, 5.41) is 0. The summed E-state index contributed by atoms with van der Waals surface area (Å²) in [5.41, 5.74) is 0. The van der Waals surface area contributed by atoms with Crippen LogP contribution in [-0.2, 0) is 6.54 Å². The van der Waals surface area contributed by atoms with E-state index in [9.17, 15) is 0 Å². The number of nitrogens with zero attached hydrogens (tertiary/aromatic N) is 2. The van der Waals surface area contributed by atoms with Crippen molar-refractivity contribution in [1.82, 2.24) is 9.80 Å². The topological polar surface area (TPSA) is 19.6 Å². The maximum Gasteiger partial charge on any atom is 0.117 e. The van der Waals surface area contributed by atoms with Crippen LogP contribution in [0.4, 0.5) is 0 Å². The summed E-state index contributed by atoms with van der Waals surface area (Å²) < 4.78 is 5.40. The smallest absolute Gasteiger partial charge is 0.117 e. The normalized spacial score (nSPS) is 19.8. The van der Waals surface area contributed by atoms with Crippen LogP contribution in [0.15, 0.2) is 22.8 Å². The molecular weight excluding hydrogens is 200 g/mol. The first-order valence-corrected chi connectivity index (χ1v) is 6.35. The lowest BCUT2D eigenvalue weighted by atomic mass is 10.3. The molecule has 1 aromatic heterocycles. The third kappa shape index (κ3) is 3.35. The first kappa shape index (κ1) is 11.7.